The van der Waals surface area contributed by atoms with Crippen molar-refractivity contribution >= 4 is 21.6 Å². The third-order valence-corrected chi connectivity index (χ3v) is 3.66. The maximum Gasteiger partial charge on any atom is 0.331 e. The number of nitrogen functional groups attached to an aromatic ring is 1. The van der Waals surface area contributed by atoms with Crippen LogP contribution in [0, 0.1) is 0 Å². The molecule has 6 heteroatoms. The molecule has 0 aliphatic heterocycles. The largest absolute Gasteiger partial charge is 0.393 e. The van der Waals surface area contributed by atoms with Crippen molar-refractivity contribution in [3.05, 3.63) is 61.3 Å². The summed E-state index contributed by atoms with van der Waals surface area (Å²) in [5.41, 5.74) is 5.78. The molecule has 2 aromatic rings. The number of halogens is 1. The van der Waals surface area contributed by atoms with Gasteiger partial charge in [0, 0.05) is 17.2 Å². The first-order valence-electron chi connectivity index (χ1n) is 5.87. The minimum absolute atomic E-state index is 0.0773. The Morgan fingerprint density at radius 1 is 1.26 bits per heavy atom. The van der Waals surface area contributed by atoms with Gasteiger partial charge in [-0.15, -0.1) is 0 Å². The van der Waals surface area contributed by atoms with Crippen molar-refractivity contribution in [3.8, 4) is 0 Å². The molecule has 1 aromatic heterocycles. The summed E-state index contributed by atoms with van der Waals surface area (Å²) in [6.07, 6.45) is 1.39. The summed E-state index contributed by atoms with van der Waals surface area (Å²) < 4.78 is 3.43. The molecule has 0 bridgehead atoms. The molecule has 0 aliphatic carbocycles. The maximum absolute atomic E-state index is 12.1. The topological polar surface area (TPSA) is 70.0 Å². The Morgan fingerprint density at radius 3 is 2.58 bits per heavy atom. The summed E-state index contributed by atoms with van der Waals surface area (Å²) in [7, 11) is 0. The van der Waals surface area contributed by atoms with E-state index in [0.29, 0.717) is 6.54 Å². The Morgan fingerprint density at radius 2 is 1.95 bits per heavy atom. The molecule has 0 unspecified atom stereocenters. The Hall–Kier alpha value is -1.82. The smallest absolute Gasteiger partial charge is 0.331 e. The normalized spacial score (nSPS) is 10.6. The number of hydrogen-bond donors (Lipinski definition) is 1. The van der Waals surface area contributed by atoms with Gasteiger partial charge in [-0.3, -0.25) is 13.9 Å². The molecule has 1 aromatic carbocycles. The van der Waals surface area contributed by atoms with Crippen LogP contribution in [0.25, 0.3) is 0 Å². The minimum atomic E-state index is -0.453. The van der Waals surface area contributed by atoms with Crippen LogP contribution in [0.5, 0.6) is 0 Å². The van der Waals surface area contributed by atoms with Crippen molar-refractivity contribution in [2.75, 3.05) is 5.73 Å². The van der Waals surface area contributed by atoms with Crippen molar-refractivity contribution in [2.45, 2.75) is 20.0 Å². The van der Waals surface area contributed by atoms with Crippen LogP contribution in [0.2, 0.25) is 0 Å². The molecular formula is C13H14BrN3O2. The van der Waals surface area contributed by atoms with Crippen LogP contribution in [0.1, 0.15) is 12.5 Å². The van der Waals surface area contributed by atoms with Gasteiger partial charge in [-0.25, -0.2) is 4.79 Å². The fraction of sp³-hybridized carbons (Fsp3) is 0.231. The van der Waals surface area contributed by atoms with Gasteiger partial charge in [0.05, 0.1) is 6.54 Å². The van der Waals surface area contributed by atoms with E-state index in [1.54, 1.807) is 0 Å². The molecule has 0 amide bonds. The summed E-state index contributed by atoms with van der Waals surface area (Å²) in [4.78, 5) is 24.1. The quantitative estimate of drug-likeness (QED) is 0.928. The molecule has 0 saturated carbocycles. The van der Waals surface area contributed by atoms with Crippen molar-refractivity contribution in [1.29, 1.82) is 0 Å². The van der Waals surface area contributed by atoms with E-state index >= 15 is 0 Å². The van der Waals surface area contributed by atoms with Crippen LogP contribution in [0.15, 0.2) is 44.5 Å². The van der Waals surface area contributed by atoms with Gasteiger partial charge in [0.1, 0.15) is 5.69 Å². The monoisotopic (exact) mass is 323 g/mol. The van der Waals surface area contributed by atoms with Crippen LogP contribution in [-0.2, 0) is 13.1 Å². The zero-order valence-electron chi connectivity index (χ0n) is 10.5. The summed E-state index contributed by atoms with van der Waals surface area (Å²) >= 11 is 3.40. The number of rotatable bonds is 3. The second-order valence-corrected chi connectivity index (χ2v) is 4.99. The summed E-state index contributed by atoms with van der Waals surface area (Å²) in [5, 5.41) is 0. The van der Waals surface area contributed by atoms with Gasteiger partial charge in [-0.05, 0) is 18.6 Å². The SMILES string of the molecule is CCn1cc(N)c(=O)n(Cc2ccccc2Br)c1=O. The second-order valence-electron chi connectivity index (χ2n) is 4.14. The van der Waals surface area contributed by atoms with Gasteiger partial charge in [-0.2, -0.15) is 0 Å². The van der Waals surface area contributed by atoms with Gasteiger partial charge < -0.3 is 5.73 Å². The van der Waals surface area contributed by atoms with E-state index < -0.39 is 5.56 Å². The van der Waals surface area contributed by atoms with Crippen molar-refractivity contribution in [1.82, 2.24) is 9.13 Å². The van der Waals surface area contributed by atoms with Gasteiger partial charge in [0.2, 0.25) is 0 Å². The minimum Gasteiger partial charge on any atom is -0.393 e. The van der Waals surface area contributed by atoms with E-state index in [1.807, 2.05) is 31.2 Å². The molecule has 0 aliphatic rings. The fourth-order valence-corrected chi connectivity index (χ4v) is 2.25. The number of aromatic nitrogens is 2. The van der Waals surface area contributed by atoms with E-state index in [-0.39, 0.29) is 17.9 Å². The molecule has 1 heterocycles. The van der Waals surface area contributed by atoms with E-state index in [4.69, 9.17) is 5.73 Å². The molecule has 0 spiro atoms. The Bertz CT molecular complexity index is 719. The zero-order chi connectivity index (χ0) is 14.0. The Balaban J connectivity index is 2.58. The predicted octanol–water partition coefficient (Wildman–Crippen LogP) is 1.42. The predicted molar refractivity (Wildman–Crippen MR) is 78.3 cm³/mol. The second kappa shape index (κ2) is 5.44. The molecule has 0 atom stereocenters. The first-order valence-corrected chi connectivity index (χ1v) is 6.67. The van der Waals surface area contributed by atoms with E-state index in [9.17, 15) is 9.59 Å². The Labute approximate surface area is 118 Å². The molecular weight excluding hydrogens is 310 g/mol. The summed E-state index contributed by atoms with van der Waals surface area (Å²) in [6, 6.07) is 7.45. The first kappa shape index (κ1) is 13.6. The number of hydrogen-bond acceptors (Lipinski definition) is 3. The van der Waals surface area contributed by atoms with Gasteiger partial charge in [-0.1, -0.05) is 34.1 Å². The van der Waals surface area contributed by atoms with Crippen molar-refractivity contribution < 1.29 is 0 Å². The van der Waals surface area contributed by atoms with Crippen LogP contribution in [0.3, 0.4) is 0 Å². The van der Waals surface area contributed by atoms with Crippen LogP contribution in [0.4, 0.5) is 5.69 Å². The average Bonchev–Trinajstić information content (AvgIpc) is 2.41. The highest BCUT2D eigenvalue weighted by atomic mass is 79.9. The molecule has 100 valence electrons. The number of nitrogens with two attached hydrogens (primary N) is 1. The average molecular weight is 324 g/mol. The third kappa shape index (κ3) is 2.63. The maximum atomic E-state index is 12.1. The fourth-order valence-electron chi connectivity index (χ4n) is 1.84. The molecule has 19 heavy (non-hydrogen) atoms. The van der Waals surface area contributed by atoms with Gasteiger partial charge >= 0.3 is 5.69 Å². The molecule has 5 nitrogen and oxygen atoms in total. The van der Waals surface area contributed by atoms with E-state index in [1.165, 1.54) is 10.8 Å². The number of nitrogens with zero attached hydrogens (tertiary/aromatic N) is 2. The van der Waals surface area contributed by atoms with Crippen LogP contribution < -0.4 is 17.0 Å². The summed E-state index contributed by atoms with van der Waals surface area (Å²) in [6.45, 7) is 2.50. The molecule has 2 rings (SSSR count). The number of benzene rings is 1. The number of aryl methyl sites for hydroxylation is 1. The van der Waals surface area contributed by atoms with Crippen LogP contribution >= 0.6 is 15.9 Å². The lowest BCUT2D eigenvalue weighted by atomic mass is 10.2. The first-order chi connectivity index (χ1) is 9.04. The zero-order valence-corrected chi connectivity index (χ0v) is 12.1. The Kier molecular flexibility index (Phi) is 3.90. The lowest BCUT2D eigenvalue weighted by Crippen LogP contribution is -2.40. The molecule has 2 N–H and O–H groups in total. The standard InChI is InChI=1S/C13H14BrN3O2/c1-2-16-8-11(15)12(18)17(13(16)19)7-9-5-3-4-6-10(9)14/h3-6,8H,2,7,15H2,1H3. The van der Waals surface area contributed by atoms with Crippen LogP contribution in [-0.4, -0.2) is 9.13 Å². The van der Waals surface area contributed by atoms with E-state index in [0.717, 1.165) is 14.6 Å². The molecule has 0 radical (unpaired) electrons. The summed E-state index contributed by atoms with van der Waals surface area (Å²) in [5.74, 6) is 0. The number of anilines is 1. The van der Waals surface area contributed by atoms with Gasteiger partial charge in [0.15, 0.2) is 0 Å². The highest BCUT2D eigenvalue weighted by Crippen LogP contribution is 2.15. The third-order valence-electron chi connectivity index (χ3n) is 2.89. The highest BCUT2D eigenvalue weighted by Gasteiger charge is 2.10. The van der Waals surface area contributed by atoms with Crippen molar-refractivity contribution in [3.63, 3.8) is 0 Å². The van der Waals surface area contributed by atoms with Gasteiger partial charge in [0.25, 0.3) is 5.56 Å². The van der Waals surface area contributed by atoms with E-state index in [2.05, 4.69) is 15.9 Å². The van der Waals surface area contributed by atoms with Crippen molar-refractivity contribution in [2.24, 2.45) is 0 Å². The lowest BCUT2D eigenvalue weighted by molar-refractivity contribution is 0.602. The lowest BCUT2D eigenvalue weighted by Gasteiger charge is -2.11. The highest BCUT2D eigenvalue weighted by molar-refractivity contribution is 9.10. The molecule has 0 fully saturated rings. The molecule has 0 saturated heterocycles.